The molecule has 3 N–H and O–H groups in total. The molecule has 4 nitrogen and oxygen atoms in total. The van der Waals surface area contributed by atoms with Gasteiger partial charge in [-0.1, -0.05) is 24.3 Å². The Bertz CT molecular complexity index is 727. The van der Waals surface area contributed by atoms with Crippen LogP contribution in [0.3, 0.4) is 0 Å². The second-order valence-electron chi connectivity index (χ2n) is 7.02. The molecule has 2 aromatic rings. The molecule has 1 aliphatic heterocycles. The van der Waals surface area contributed by atoms with E-state index < -0.39 is 0 Å². The number of ether oxygens (including phenoxy) is 1. The smallest absolute Gasteiger partial charge is 0.171 e. The quantitative estimate of drug-likeness (QED) is 0.641. The molecule has 0 amide bonds. The Morgan fingerprint density at radius 1 is 1.00 bits per heavy atom. The number of likely N-dealkylation sites (tertiary alicyclic amines) is 1. The molecular formula is C22H30N3OS+. The van der Waals surface area contributed by atoms with Gasteiger partial charge in [0, 0.05) is 17.8 Å². The summed E-state index contributed by atoms with van der Waals surface area (Å²) in [5.74, 6) is 0.871. The van der Waals surface area contributed by atoms with Crippen LogP contribution >= 0.6 is 12.2 Å². The number of nitrogens with one attached hydrogen (secondary N) is 3. The molecule has 0 aromatic heterocycles. The summed E-state index contributed by atoms with van der Waals surface area (Å²) in [6.45, 7) is 7.09. The molecule has 27 heavy (non-hydrogen) atoms. The first-order chi connectivity index (χ1) is 13.2. The van der Waals surface area contributed by atoms with E-state index in [1.807, 2.05) is 31.2 Å². The maximum absolute atomic E-state index is 5.47. The van der Waals surface area contributed by atoms with Crippen molar-refractivity contribution < 1.29 is 9.64 Å². The highest BCUT2D eigenvalue weighted by Crippen LogP contribution is 2.15. The molecule has 1 saturated heterocycles. The molecule has 0 aliphatic carbocycles. The third-order valence-corrected chi connectivity index (χ3v) is 5.23. The van der Waals surface area contributed by atoms with Gasteiger partial charge in [0.25, 0.3) is 0 Å². The van der Waals surface area contributed by atoms with E-state index in [2.05, 4.69) is 34.9 Å². The van der Waals surface area contributed by atoms with Crippen LogP contribution in [0.25, 0.3) is 0 Å². The van der Waals surface area contributed by atoms with E-state index in [4.69, 9.17) is 17.0 Å². The fourth-order valence-electron chi connectivity index (χ4n) is 3.55. The van der Waals surface area contributed by atoms with Crippen LogP contribution in [0, 0.1) is 0 Å². The van der Waals surface area contributed by atoms with Crippen molar-refractivity contribution in [2.24, 2.45) is 0 Å². The van der Waals surface area contributed by atoms with Gasteiger partial charge in [0.2, 0.25) is 0 Å². The Morgan fingerprint density at radius 3 is 2.41 bits per heavy atom. The molecule has 0 radical (unpaired) electrons. The summed E-state index contributed by atoms with van der Waals surface area (Å²) in [4.78, 5) is 1.70. The molecule has 1 aliphatic rings. The predicted molar refractivity (Wildman–Crippen MR) is 115 cm³/mol. The molecule has 3 rings (SSSR count). The van der Waals surface area contributed by atoms with Gasteiger partial charge in [-0.2, -0.15) is 0 Å². The van der Waals surface area contributed by atoms with Crippen molar-refractivity contribution in [2.45, 2.75) is 39.3 Å². The molecular weight excluding hydrogens is 354 g/mol. The van der Waals surface area contributed by atoms with Gasteiger partial charge in [-0.3, -0.25) is 0 Å². The summed E-state index contributed by atoms with van der Waals surface area (Å²) in [6, 6.07) is 16.6. The van der Waals surface area contributed by atoms with Crippen LogP contribution in [0.1, 0.15) is 37.3 Å². The molecule has 0 atom stereocenters. The number of benzene rings is 2. The SMILES string of the molecule is CCOc1ccc(NC(=S)NCc2ccccc2C[NH+]2CCCCC2)cc1. The maximum atomic E-state index is 5.47. The lowest BCUT2D eigenvalue weighted by atomic mass is 10.0. The van der Waals surface area contributed by atoms with Gasteiger partial charge in [0.15, 0.2) is 5.11 Å². The fourth-order valence-corrected chi connectivity index (χ4v) is 3.74. The van der Waals surface area contributed by atoms with Crippen molar-refractivity contribution in [3.8, 4) is 5.75 Å². The molecule has 2 aromatic carbocycles. The van der Waals surface area contributed by atoms with Crippen LogP contribution in [0.2, 0.25) is 0 Å². The van der Waals surface area contributed by atoms with Crippen molar-refractivity contribution >= 4 is 23.0 Å². The fraction of sp³-hybridized carbons (Fsp3) is 0.409. The van der Waals surface area contributed by atoms with Crippen LogP contribution in [-0.4, -0.2) is 24.8 Å². The molecule has 1 fully saturated rings. The van der Waals surface area contributed by atoms with E-state index in [1.54, 1.807) is 4.90 Å². The van der Waals surface area contributed by atoms with Crippen LogP contribution in [0.15, 0.2) is 48.5 Å². The topological polar surface area (TPSA) is 37.7 Å². The van der Waals surface area contributed by atoms with E-state index in [-0.39, 0.29) is 0 Å². The van der Waals surface area contributed by atoms with Crippen molar-refractivity contribution in [3.05, 3.63) is 59.7 Å². The zero-order valence-electron chi connectivity index (χ0n) is 16.1. The Balaban J connectivity index is 1.52. The van der Waals surface area contributed by atoms with Gasteiger partial charge < -0.3 is 20.3 Å². The minimum Gasteiger partial charge on any atom is -0.494 e. The van der Waals surface area contributed by atoms with Gasteiger partial charge in [-0.05, 0) is 68.2 Å². The summed E-state index contributed by atoms with van der Waals surface area (Å²) in [7, 11) is 0. The van der Waals surface area contributed by atoms with Gasteiger partial charge in [-0.25, -0.2) is 0 Å². The number of piperidine rings is 1. The van der Waals surface area contributed by atoms with Gasteiger partial charge in [-0.15, -0.1) is 0 Å². The zero-order valence-corrected chi connectivity index (χ0v) is 16.9. The molecule has 0 unspecified atom stereocenters. The monoisotopic (exact) mass is 384 g/mol. The van der Waals surface area contributed by atoms with Gasteiger partial charge >= 0.3 is 0 Å². The van der Waals surface area contributed by atoms with Crippen LogP contribution in [-0.2, 0) is 13.1 Å². The van der Waals surface area contributed by atoms with Crippen LogP contribution < -0.4 is 20.3 Å². The second kappa shape index (κ2) is 10.3. The van der Waals surface area contributed by atoms with Crippen molar-refractivity contribution in [2.75, 3.05) is 25.0 Å². The lowest BCUT2D eigenvalue weighted by Gasteiger charge is -2.24. The number of thiocarbonyl (C=S) groups is 1. The summed E-state index contributed by atoms with van der Waals surface area (Å²) < 4.78 is 5.47. The average molecular weight is 385 g/mol. The Morgan fingerprint density at radius 2 is 1.70 bits per heavy atom. The Hall–Kier alpha value is -2.11. The lowest BCUT2D eigenvalue weighted by Crippen LogP contribution is -3.11. The van der Waals surface area contributed by atoms with Crippen LogP contribution in [0.4, 0.5) is 5.69 Å². The van der Waals surface area contributed by atoms with E-state index in [0.29, 0.717) is 11.7 Å². The number of anilines is 1. The first-order valence-corrected chi connectivity index (χ1v) is 10.3. The van der Waals surface area contributed by atoms with Gasteiger partial charge in [0.05, 0.1) is 19.7 Å². The minimum atomic E-state index is 0.638. The second-order valence-corrected chi connectivity index (χ2v) is 7.43. The number of quaternary nitrogens is 1. The third kappa shape index (κ3) is 6.22. The Kier molecular flexibility index (Phi) is 7.48. The highest BCUT2D eigenvalue weighted by Gasteiger charge is 2.15. The van der Waals surface area contributed by atoms with E-state index in [9.17, 15) is 0 Å². The standard InChI is InChI=1S/C22H29N3OS/c1-2-26-21-12-10-20(11-13-21)24-22(27)23-16-18-8-4-5-9-19(18)17-25-14-6-3-7-15-25/h4-5,8-13H,2-3,6-7,14-17H2,1H3,(H2,23,24,27)/p+1. The highest BCUT2D eigenvalue weighted by atomic mass is 32.1. The first kappa shape index (κ1) is 19.6. The predicted octanol–water partition coefficient (Wildman–Crippen LogP) is 3.14. The largest absolute Gasteiger partial charge is 0.494 e. The van der Waals surface area contributed by atoms with E-state index in [0.717, 1.165) is 24.5 Å². The summed E-state index contributed by atoms with van der Waals surface area (Å²) in [5.41, 5.74) is 3.71. The average Bonchev–Trinajstić information content (AvgIpc) is 2.70. The summed E-state index contributed by atoms with van der Waals surface area (Å²) >= 11 is 5.47. The maximum Gasteiger partial charge on any atom is 0.171 e. The van der Waals surface area contributed by atoms with Crippen molar-refractivity contribution in [1.29, 1.82) is 0 Å². The van der Waals surface area contributed by atoms with Crippen molar-refractivity contribution in [1.82, 2.24) is 5.32 Å². The molecule has 0 saturated carbocycles. The number of rotatable bonds is 7. The number of hydrogen-bond donors (Lipinski definition) is 3. The molecule has 1 heterocycles. The minimum absolute atomic E-state index is 0.638. The normalized spacial score (nSPS) is 14.6. The summed E-state index contributed by atoms with van der Waals surface area (Å²) in [5, 5.41) is 7.22. The van der Waals surface area contributed by atoms with E-state index in [1.165, 1.54) is 43.5 Å². The highest BCUT2D eigenvalue weighted by molar-refractivity contribution is 7.80. The Labute approximate surface area is 167 Å². The molecule has 144 valence electrons. The van der Waals surface area contributed by atoms with Crippen LogP contribution in [0.5, 0.6) is 5.75 Å². The molecule has 0 spiro atoms. The summed E-state index contributed by atoms with van der Waals surface area (Å²) in [6.07, 6.45) is 4.09. The first-order valence-electron chi connectivity index (χ1n) is 9.92. The molecule has 5 heteroatoms. The number of hydrogen-bond acceptors (Lipinski definition) is 2. The lowest BCUT2D eigenvalue weighted by molar-refractivity contribution is -0.918. The third-order valence-electron chi connectivity index (χ3n) is 4.98. The zero-order chi connectivity index (χ0) is 18.9. The molecule has 0 bridgehead atoms. The van der Waals surface area contributed by atoms with Gasteiger partial charge in [0.1, 0.15) is 12.3 Å². The van der Waals surface area contributed by atoms with Crippen molar-refractivity contribution in [3.63, 3.8) is 0 Å². The van der Waals surface area contributed by atoms with E-state index >= 15 is 0 Å².